The Balaban J connectivity index is 1.37. The van der Waals surface area contributed by atoms with Crippen LogP contribution in [0, 0.1) is 0 Å². The smallest absolute Gasteiger partial charge is 0.259 e. The van der Waals surface area contributed by atoms with Crippen LogP contribution in [-0.4, -0.2) is 61.2 Å². The summed E-state index contributed by atoms with van der Waals surface area (Å²) in [6.45, 7) is 1.44. The Morgan fingerprint density at radius 2 is 1.74 bits per heavy atom. The number of nitrogen functional groups attached to an aromatic ring is 1. The van der Waals surface area contributed by atoms with Crippen molar-refractivity contribution in [3.63, 3.8) is 0 Å². The molecule has 2 aromatic rings. The average Bonchev–Trinajstić information content (AvgIpc) is 3.22. The van der Waals surface area contributed by atoms with E-state index in [1.807, 2.05) is 12.1 Å². The van der Waals surface area contributed by atoms with Gasteiger partial charge in [0.05, 0.1) is 17.0 Å². The van der Waals surface area contributed by atoms with E-state index in [0.717, 1.165) is 57.1 Å². The molecule has 5 rings (SSSR count). The molecule has 1 spiro atoms. The number of hydrogen-bond acceptors (Lipinski definition) is 7. The molecule has 3 atom stereocenters. The molecule has 3 heterocycles. The van der Waals surface area contributed by atoms with Crippen molar-refractivity contribution in [2.24, 2.45) is 0 Å². The quantitative estimate of drug-likeness (QED) is 0.448. The van der Waals surface area contributed by atoms with Crippen LogP contribution in [-0.2, 0) is 16.4 Å². The van der Waals surface area contributed by atoms with E-state index in [9.17, 15) is 13.2 Å². The summed E-state index contributed by atoms with van der Waals surface area (Å²) >= 11 is 0. The van der Waals surface area contributed by atoms with Gasteiger partial charge >= 0.3 is 0 Å². The predicted octanol–water partition coefficient (Wildman–Crippen LogP) is 3.77. The number of sulfone groups is 1. The summed E-state index contributed by atoms with van der Waals surface area (Å²) in [5.74, 6) is 0.273. The van der Waals surface area contributed by atoms with Gasteiger partial charge in [0.25, 0.3) is 5.91 Å². The molecule has 11 heteroatoms. The van der Waals surface area contributed by atoms with Gasteiger partial charge in [-0.15, -0.1) is 0 Å². The van der Waals surface area contributed by atoms with Gasteiger partial charge in [-0.3, -0.25) is 4.79 Å². The highest BCUT2D eigenvalue weighted by atomic mass is 32.2. The van der Waals surface area contributed by atoms with Gasteiger partial charge in [-0.25, -0.2) is 17.5 Å². The number of nitrogens with zero attached hydrogens (tertiary/aromatic N) is 2. The summed E-state index contributed by atoms with van der Waals surface area (Å²) in [6, 6.07) is 6.66. The number of halogens is 1. The van der Waals surface area contributed by atoms with Gasteiger partial charge in [-0.1, -0.05) is 57.1 Å². The highest BCUT2D eigenvalue weighted by Crippen LogP contribution is 2.40. The van der Waals surface area contributed by atoms with Crippen LogP contribution in [0.1, 0.15) is 86.0 Å². The molecule has 1 aliphatic carbocycles. The summed E-state index contributed by atoms with van der Waals surface area (Å²) in [7, 11) is -3.29. The molecule has 3 aliphatic rings. The van der Waals surface area contributed by atoms with Crippen molar-refractivity contribution in [3.8, 4) is 0 Å². The largest absolute Gasteiger partial charge is 0.381 e. The standard InChI is InChI=1S/C28H41FN6O3S/c1-39(37,38)20-11-9-19(10-12-20)21-13-16-31-17-22(21)32-27(36)24-25(30)34-35-18-23(29)28(33-26(24)35)14-7-5-3-2-4-6-8-15-28/h9-12,21-23,31,33H,2-8,13-18H2,1H3,(H2,30,34)(H,32,36). The lowest BCUT2D eigenvalue weighted by atomic mass is 9.80. The summed E-state index contributed by atoms with van der Waals surface area (Å²) in [6.07, 6.45) is 9.99. The van der Waals surface area contributed by atoms with Gasteiger partial charge in [0, 0.05) is 24.8 Å². The van der Waals surface area contributed by atoms with Crippen molar-refractivity contribution in [1.29, 1.82) is 0 Å². The van der Waals surface area contributed by atoms with E-state index in [1.165, 1.54) is 30.2 Å². The van der Waals surface area contributed by atoms with Crippen LogP contribution in [0.4, 0.5) is 16.0 Å². The van der Waals surface area contributed by atoms with E-state index in [4.69, 9.17) is 5.73 Å². The normalized spacial score (nSPS) is 25.8. The summed E-state index contributed by atoms with van der Waals surface area (Å²) in [5, 5.41) is 14.3. The minimum absolute atomic E-state index is 0.00394. The molecule has 1 amide bonds. The number of aromatic nitrogens is 2. The van der Waals surface area contributed by atoms with Gasteiger partial charge in [-0.05, 0) is 43.5 Å². The molecule has 1 aromatic carbocycles. The Bertz CT molecular complexity index is 1270. The van der Waals surface area contributed by atoms with Gasteiger partial charge in [0.1, 0.15) is 17.6 Å². The maximum atomic E-state index is 15.7. The number of fused-ring (bicyclic) bond motifs is 1. The summed E-state index contributed by atoms with van der Waals surface area (Å²) < 4.78 is 41.0. The first-order valence-corrected chi connectivity index (χ1v) is 16.2. The van der Waals surface area contributed by atoms with Crippen LogP contribution < -0.4 is 21.7 Å². The zero-order valence-electron chi connectivity index (χ0n) is 22.7. The molecule has 1 aromatic heterocycles. The van der Waals surface area contributed by atoms with Crippen molar-refractivity contribution in [2.45, 2.75) is 99.3 Å². The lowest BCUT2D eigenvalue weighted by Gasteiger charge is -2.43. The number of benzene rings is 1. The maximum Gasteiger partial charge on any atom is 0.259 e. The fourth-order valence-corrected chi connectivity index (χ4v) is 7.17. The number of carbonyl (C=O) groups excluding carboxylic acids is 1. The molecule has 5 N–H and O–H groups in total. The SMILES string of the molecule is CS(=O)(=O)c1ccc(C2CCNCC2NC(=O)c2c(N)nn3c2NC2(CCCCCCCCC2)C(F)C3)cc1. The van der Waals surface area contributed by atoms with E-state index in [0.29, 0.717) is 12.4 Å². The monoisotopic (exact) mass is 560 g/mol. The zero-order chi connectivity index (χ0) is 27.6. The number of hydrogen-bond donors (Lipinski definition) is 4. The highest BCUT2D eigenvalue weighted by molar-refractivity contribution is 7.90. The lowest BCUT2D eigenvalue weighted by Crippen LogP contribution is -2.53. The molecule has 1 saturated heterocycles. The third-order valence-corrected chi connectivity index (χ3v) is 9.92. The molecule has 9 nitrogen and oxygen atoms in total. The van der Waals surface area contributed by atoms with Crippen LogP contribution in [0.25, 0.3) is 0 Å². The molecule has 3 unspecified atom stereocenters. The third-order valence-electron chi connectivity index (χ3n) is 8.79. The van der Waals surface area contributed by atoms with E-state index < -0.39 is 21.5 Å². The van der Waals surface area contributed by atoms with Crippen LogP contribution in [0.5, 0.6) is 0 Å². The Hall–Kier alpha value is -2.66. The first kappa shape index (κ1) is 27.9. The number of alkyl halides is 1. The molecular formula is C28H41FN6O3S. The van der Waals surface area contributed by atoms with Crippen molar-refractivity contribution in [3.05, 3.63) is 35.4 Å². The first-order valence-electron chi connectivity index (χ1n) is 14.3. The first-order chi connectivity index (χ1) is 18.7. The second kappa shape index (κ2) is 11.4. The molecule has 2 aliphatic heterocycles. The minimum Gasteiger partial charge on any atom is -0.381 e. The van der Waals surface area contributed by atoms with Crippen LogP contribution in [0.15, 0.2) is 29.2 Å². The molecule has 39 heavy (non-hydrogen) atoms. The Morgan fingerprint density at radius 3 is 2.38 bits per heavy atom. The average molecular weight is 561 g/mol. The van der Waals surface area contributed by atoms with Gasteiger partial charge in [0.2, 0.25) is 0 Å². The molecular weight excluding hydrogens is 519 g/mol. The molecule has 0 radical (unpaired) electrons. The van der Waals surface area contributed by atoms with Crippen molar-refractivity contribution >= 4 is 27.4 Å². The lowest BCUT2D eigenvalue weighted by molar-refractivity contribution is 0.0923. The van der Waals surface area contributed by atoms with Gasteiger partial charge < -0.3 is 21.7 Å². The number of piperidine rings is 1. The second-order valence-corrected chi connectivity index (χ2v) is 13.6. The number of nitrogens with two attached hydrogens (primary N) is 1. The van der Waals surface area contributed by atoms with Crippen molar-refractivity contribution in [1.82, 2.24) is 20.4 Å². The van der Waals surface area contributed by atoms with Crippen LogP contribution >= 0.6 is 0 Å². The van der Waals surface area contributed by atoms with E-state index in [1.54, 1.807) is 12.1 Å². The number of rotatable bonds is 4. The zero-order valence-corrected chi connectivity index (χ0v) is 23.5. The van der Waals surface area contributed by atoms with Crippen LogP contribution in [0.3, 0.4) is 0 Å². The molecule has 0 bridgehead atoms. The van der Waals surface area contributed by atoms with E-state index >= 15 is 4.39 Å². The number of nitrogens with one attached hydrogen (secondary N) is 3. The molecule has 2 fully saturated rings. The summed E-state index contributed by atoms with van der Waals surface area (Å²) in [5.41, 5.74) is 6.79. The Morgan fingerprint density at radius 1 is 1.10 bits per heavy atom. The van der Waals surface area contributed by atoms with E-state index in [-0.39, 0.29) is 40.7 Å². The fraction of sp³-hybridized carbons (Fsp3) is 0.643. The Labute approximate surface area is 230 Å². The molecule has 1 saturated carbocycles. The van der Waals surface area contributed by atoms with E-state index in [2.05, 4.69) is 21.0 Å². The highest BCUT2D eigenvalue weighted by Gasteiger charge is 2.45. The minimum atomic E-state index is -3.29. The summed E-state index contributed by atoms with van der Waals surface area (Å²) in [4.78, 5) is 14.0. The van der Waals surface area contributed by atoms with Crippen LogP contribution in [0.2, 0.25) is 0 Å². The van der Waals surface area contributed by atoms with Crippen molar-refractivity contribution in [2.75, 3.05) is 30.4 Å². The number of amides is 1. The molecule has 214 valence electrons. The predicted molar refractivity (Wildman–Crippen MR) is 150 cm³/mol. The van der Waals surface area contributed by atoms with Gasteiger partial charge in [-0.2, -0.15) is 5.10 Å². The topological polar surface area (TPSA) is 131 Å². The maximum absolute atomic E-state index is 15.7. The number of carbonyl (C=O) groups is 1. The van der Waals surface area contributed by atoms with Gasteiger partial charge in [0.15, 0.2) is 15.7 Å². The Kier molecular flexibility index (Phi) is 8.19. The van der Waals surface area contributed by atoms with Crippen molar-refractivity contribution < 1.29 is 17.6 Å². The second-order valence-electron chi connectivity index (χ2n) is 11.5. The fourth-order valence-electron chi connectivity index (χ4n) is 6.54. The number of anilines is 2. The third kappa shape index (κ3) is 5.94.